The zero-order valence-electron chi connectivity index (χ0n) is 14.2. The van der Waals surface area contributed by atoms with Gasteiger partial charge in [-0.2, -0.15) is 0 Å². The van der Waals surface area contributed by atoms with Gasteiger partial charge in [-0.05, 0) is 56.0 Å². The average molecular weight is 291 g/mol. The summed E-state index contributed by atoms with van der Waals surface area (Å²) in [6.45, 7) is 10.0. The van der Waals surface area contributed by atoms with Crippen molar-refractivity contribution in [2.75, 3.05) is 13.1 Å². The molecule has 0 saturated carbocycles. The molecule has 0 aliphatic rings. The number of aromatic hydroxyl groups is 1. The fourth-order valence-corrected chi connectivity index (χ4v) is 2.69. The van der Waals surface area contributed by atoms with E-state index >= 15 is 0 Å². The second-order valence-corrected chi connectivity index (χ2v) is 6.00. The van der Waals surface area contributed by atoms with Gasteiger partial charge in [0.25, 0.3) is 0 Å². The van der Waals surface area contributed by atoms with E-state index in [0.29, 0.717) is 5.75 Å². The average Bonchev–Trinajstić information content (AvgIpc) is 2.49. The molecule has 0 aliphatic heterocycles. The van der Waals surface area contributed by atoms with E-state index in [2.05, 4.69) is 31.7 Å². The Morgan fingerprint density at radius 3 is 2.10 bits per heavy atom. The number of hydrogen-bond acceptors (Lipinski definition) is 2. The van der Waals surface area contributed by atoms with Gasteiger partial charge in [-0.1, -0.05) is 52.2 Å². The summed E-state index contributed by atoms with van der Waals surface area (Å²) in [7, 11) is 0. The number of phenols is 1. The number of unbranched alkanes of at least 4 members (excludes halogenated alkanes) is 3. The number of nitrogens with zero attached hydrogens (tertiary/aromatic N) is 1. The molecular weight excluding hydrogens is 258 g/mol. The van der Waals surface area contributed by atoms with E-state index < -0.39 is 0 Å². The molecule has 1 N–H and O–H groups in total. The molecular formula is C19H33NO. The highest BCUT2D eigenvalue weighted by Crippen LogP contribution is 2.24. The first kappa shape index (κ1) is 18.0. The number of phenolic OH excluding ortho intramolecular Hbond substituents is 1. The topological polar surface area (TPSA) is 23.5 Å². The molecule has 2 nitrogen and oxygen atoms in total. The molecule has 0 saturated heterocycles. The van der Waals surface area contributed by atoms with Gasteiger partial charge in [-0.3, -0.25) is 4.90 Å². The second-order valence-electron chi connectivity index (χ2n) is 6.00. The van der Waals surface area contributed by atoms with Crippen LogP contribution in [0.3, 0.4) is 0 Å². The molecule has 0 radical (unpaired) electrons. The lowest BCUT2D eigenvalue weighted by atomic mass is 10.00. The first-order valence-corrected chi connectivity index (χ1v) is 8.74. The summed E-state index contributed by atoms with van der Waals surface area (Å²) in [5, 5.41) is 10.2. The second kappa shape index (κ2) is 10.7. The maximum Gasteiger partial charge on any atom is 0.119 e. The van der Waals surface area contributed by atoms with E-state index in [-0.39, 0.29) is 0 Å². The van der Waals surface area contributed by atoms with Crippen LogP contribution in [0.15, 0.2) is 18.2 Å². The molecule has 120 valence electrons. The van der Waals surface area contributed by atoms with Crippen LogP contribution in [0.4, 0.5) is 0 Å². The Labute approximate surface area is 131 Å². The molecule has 0 amide bonds. The molecule has 0 heterocycles. The Bertz CT molecular complexity index is 381. The molecule has 0 fully saturated rings. The lowest BCUT2D eigenvalue weighted by Crippen LogP contribution is -2.26. The predicted octanol–water partition coefficient (Wildman–Crippen LogP) is 5.14. The standard InChI is InChI=1S/C19H33NO/c1-4-7-12-18-17(11-10-13-19(18)21)16-20(14-8-5-2)15-9-6-3/h10-11,13,21H,4-9,12,14-16H2,1-3H3. The van der Waals surface area contributed by atoms with Gasteiger partial charge in [0.05, 0.1) is 0 Å². The number of benzene rings is 1. The Morgan fingerprint density at radius 2 is 1.52 bits per heavy atom. The highest BCUT2D eigenvalue weighted by atomic mass is 16.3. The van der Waals surface area contributed by atoms with Crippen molar-refractivity contribution in [3.63, 3.8) is 0 Å². The van der Waals surface area contributed by atoms with Crippen LogP contribution in [-0.2, 0) is 13.0 Å². The van der Waals surface area contributed by atoms with E-state index in [4.69, 9.17) is 0 Å². The Balaban J connectivity index is 2.78. The smallest absolute Gasteiger partial charge is 0.119 e. The minimum atomic E-state index is 0.479. The van der Waals surface area contributed by atoms with Crippen molar-refractivity contribution in [3.8, 4) is 5.75 Å². The molecule has 0 aromatic heterocycles. The maximum absolute atomic E-state index is 10.2. The summed E-state index contributed by atoms with van der Waals surface area (Å²) in [5.74, 6) is 0.479. The molecule has 21 heavy (non-hydrogen) atoms. The Hall–Kier alpha value is -1.02. The molecule has 1 rings (SSSR count). The highest BCUT2D eigenvalue weighted by Gasteiger charge is 2.11. The van der Waals surface area contributed by atoms with Crippen molar-refractivity contribution in [2.24, 2.45) is 0 Å². The number of hydrogen-bond donors (Lipinski definition) is 1. The van der Waals surface area contributed by atoms with E-state index in [1.54, 1.807) is 0 Å². The van der Waals surface area contributed by atoms with E-state index in [0.717, 1.165) is 24.9 Å². The first-order valence-electron chi connectivity index (χ1n) is 8.74. The molecule has 0 unspecified atom stereocenters. The van der Waals surface area contributed by atoms with Crippen LogP contribution in [0.25, 0.3) is 0 Å². The lowest BCUT2D eigenvalue weighted by Gasteiger charge is -2.24. The molecule has 1 aromatic carbocycles. The van der Waals surface area contributed by atoms with Crippen LogP contribution in [-0.4, -0.2) is 23.1 Å². The van der Waals surface area contributed by atoms with E-state index in [1.165, 1.54) is 50.8 Å². The number of rotatable bonds is 11. The maximum atomic E-state index is 10.2. The van der Waals surface area contributed by atoms with Crippen molar-refractivity contribution in [2.45, 2.75) is 72.3 Å². The van der Waals surface area contributed by atoms with Crippen LogP contribution >= 0.6 is 0 Å². The summed E-state index contributed by atoms with van der Waals surface area (Å²) in [4.78, 5) is 2.55. The highest BCUT2D eigenvalue weighted by molar-refractivity contribution is 5.39. The summed E-state index contributed by atoms with van der Waals surface area (Å²) in [6.07, 6.45) is 8.31. The Kier molecular flexibility index (Phi) is 9.16. The molecule has 0 atom stereocenters. The zero-order chi connectivity index (χ0) is 15.5. The van der Waals surface area contributed by atoms with Crippen LogP contribution in [0.2, 0.25) is 0 Å². The van der Waals surface area contributed by atoms with Crippen LogP contribution in [0, 0.1) is 0 Å². The zero-order valence-corrected chi connectivity index (χ0v) is 14.2. The van der Waals surface area contributed by atoms with Crippen molar-refractivity contribution in [1.29, 1.82) is 0 Å². The van der Waals surface area contributed by atoms with Gasteiger partial charge < -0.3 is 5.11 Å². The van der Waals surface area contributed by atoms with Crippen molar-refractivity contribution in [1.82, 2.24) is 4.90 Å². The first-order chi connectivity index (χ1) is 10.2. The van der Waals surface area contributed by atoms with E-state index in [9.17, 15) is 5.11 Å². The third-order valence-electron chi connectivity index (χ3n) is 4.08. The van der Waals surface area contributed by atoms with Crippen LogP contribution in [0.1, 0.15) is 70.4 Å². The van der Waals surface area contributed by atoms with Gasteiger partial charge in [-0.25, -0.2) is 0 Å². The molecule has 2 heteroatoms. The minimum Gasteiger partial charge on any atom is -0.508 e. The fourth-order valence-electron chi connectivity index (χ4n) is 2.69. The quantitative estimate of drug-likeness (QED) is 0.610. The van der Waals surface area contributed by atoms with Crippen molar-refractivity contribution < 1.29 is 5.11 Å². The van der Waals surface area contributed by atoms with Gasteiger partial charge in [0.1, 0.15) is 5.75 Å². The molecule has 0 aliphatic carbocycles. The van der Waals surface area contributed by atoms with Crippen molar-refractivity contribution >= 4 is 0 Å². The minimum absolute atomic E-state index is 0.479. The SMILES string of the molecule is CCCCc1c(O)cccc1CN(CCCC)CCCC. The largest absolute Gasteiger partial charge is 0.508 e. The van der Waals surface area contributed by atoms with E-state index in [1.807, 2.05) is 12.1 Å². The lowest BCUT2D eigenvalue weighted by molar-refractivity contribution is 0.256. The van der Waals surface area contributed by atoms with Crippen LogP contribution < -0.4 is 0 Å². The molecule has 0 spiro atoms. The summed E-state index contributed by atoms with van der Waals surface area (Å²) in [5.41, 5.74) is 2.48. The third-order valence-corrected chi connectivity index (χ3v) is 4.08. The van der Waals surface area contributed by atoms with Crippen molar-refractivity contribution in [3.05, 3.63) is 29.3 Å². The Morgan fingerprint density at radius 1 is 0.905 bits per heavy atom. The van der Waals surface area contributed by atoms with Gasteiger partial charge in [0.2, 0.25) is 0 Å². The summed E-state index contributed by atoms with van der Waals surface area (Å²) in [6, 6.07) is 6.00. The van der Waals surface area contributed by atoms with Gasteiger partial charge in [-0.15, -0.1) is 0 Å². The molecule has 0 bridgehead atoms. The summed E-state index contributed by atoms with van der Waals surface area (Å²) >= 11 is 0. The normalized spacial score (nSPS) is 11.2. The fraction of sp³-hybridized carbons (Fsp3) is 0.684. The summed E-state index contributed by atoms with van der Waals surface area (Å²) < 4.78 is 0. The predicted molar refractivity (Wildman–Crippen MR) is 91.8 cm³/mol. The third kappa shape index (κ3) is 6.52. The van der Waals surface area contributed by atoms with Gasteiger partial charge in [0, 0.05) is 6.54 Å². The van der Waals surface area contributed by atoms with Gasteiger partial charge in [0.15, 0.2) is 0 Å². The van der Waals surface area contributed by atoms with Crippen LogP contribution in [0.5, 0.6) is 5.75 Å². The monoisotopic (exact) mass is 291 g/mol. The van der Waals surface area contributed by atoms with Gasteiger partial charge >= 0.3 is 0 Å². The molecule has 1 aromatic rings.